The maximum absolute atomic E-state index is 5.89. The van der Waals surface area contributed by atoms with Gasteiger partial charge in [-0.25, -0.2) is 4.98 Å². The highest BCUT2D eigenvalue weighted by atomic mass is 32.1. The van der Waals surface area contributed by atoms with Crippen LogP contribution in [-0.4, -0.2) is 16.5 Å². The molecule has 108 valence electrons. The van der Waals surface area contributed by atoms with Crippen LogP contribution in [0.4, 0.5) is 0 Å². The minimum absolute atomic E-state index is 0.553. The number of aromatic nitrogens is 2. The Morgan fingerprint density at radius 3 is 2.85 bits per heavy atom. The van der Waals surface area contributed by atoms with E-state index in [1.807, 2.05) is 32.2 Å². The normalized spacial score (nSPS) is 10.8. The van der Waals surface area contributed by atoms with Gasteiger partial charge in [0.2, 0.25) is 0 Å². The third-order valence-electron chi connectivity index (χ3n) is 2.83. The summed E-state index contributed by atoms with van der Waals surface area (Å²) in [6.45, 7) is 8.44. The van der Waals surface area contributed by atoms with Crippen LogP contribution in [0.2, 0.25) is 0 Å². The van der Waals surface area contributed by atoms with Crippen molar-refractivity contribution in [1.29, 1.82) is 0 Å². The van der Waals surface area contributed by atoms with Gasteiger partial charge in [-0.2, -0.15) is 0 Å². The van der Waals surface area contributed by atoms with Crippen molar-refractivity contribution in [3.63, 3.8) is 0 Å². The SMILES string of the molecule is CCCNCc1nc(C)ccc1OCc1cnc(C)s1. The molecule has 0 radical (unpaired) electrons. The first kappa shape index (κ1) is 14.9. The lowest BCUT2D eigenvalue weighted by molar-refractivity contribution is 0.303. The second kappa shape index (κ2) is 7.36. The van der Waals surface area contributed by atoms with E-state index in [-0.39, 0.29) is 0 Å². The lowest BCUT2D eigenvalue weighted by Crippen LogP contribution is -2.16. The van der Waals surface area contributed by atoms with E-state index in [0.29, 0.717) is 6.61 Å². The molecular formula is C15H21N3OS. The van der Waals surface area contributed by atoms with Crippen LogP contribution in [0.3, 0.4) is 0 Å². The highest BCUT2D eigenvalue weighted by Gasteiger charge is 2.07. The highest BCUT2D eigenvalue weighted by molar-refractivity contribution is 7.11. The van der Waals surface area contributed by atoms with Crippen molar-refractivity contribution in [3.05, 3.63) is 39.6 Å². The maximum atomic E-state index is 5.89. The van der Waals surface area contributed by atoms with Crippen molar-refractivity contribution in [2.75, 3.05) is 6.54 Å². The number of thiazole rings is 1. The zero-order valence-electron chi connectivity index (χ0n) is 12.3. The number of nitrogens with one attached hydrogen (secondary N) is 1. The van der Waals surface area contributed by atoms with Crippen LogP contribution >= 0.6 is 11.3 Å². The maximum Gasteiger partial charge on any atom is 0.142 e. The Hall–Kier alpha value is -1.46. The first-order valence-corrected chi connectivity index (χ1v) is 7.72. The number of pyridine rings is 1. The van der Waals surface area contributed by atoms with Crippen molar-refractivity contribution < 1.29 is 4.74 Å². The van der Waals surface area contributed by atoms with E-state index in [2.05, 4.69) is 22.2 Å². The van der Waals surface area contributed by atoms with Gasteiger partial charge in [-0.15, -0.1) is 11.3 Å². The van der Waals surface area contributed by atoms with Crippen LogP contribution in [0.25, 0.3) is 0 Å². The molecule has 0 amide bonds. The fraction of sp³-hybridized carbons (Fsp3) is 0.467. The lowest BCUT2D eigenvalue weighted by atomic mass is 10.2. The molecule has 1 N–H and O–H groups in total. The van der Waals surface area contributed by atoms with E-state index in [4.69, 9.17) is 4.74 Å². The van der Waals surface area contributed by atoms with Gasteiger partial charge in [0.1, 0.15) is 12.4 Å². The van der Waals surface area contributed by atoms with Gasteiger partial charge in [0.15, 0.2) is 0 Å². The average Bonchev–Trinajstić information content (AvgIpc) is 2.84. The van der Waals surface area contributed by atoms with Crippen LogP contribution in [0.1, 0.15) is 34.6 Å². The minimum Gasteiger partial charge on any atom is -0.486 e. The summed E-state index contributed by atoms with van der Waals surface area (Å²) in [5.74, 6) is 0.852. The van der Waals surface area contributed by atoms with Gasteiger partial charge >= 0.3 is 0 Å². The summed E-state index contributed by atoms with van der Waals surface area (Å²) >= 11 is 1.67. The van der Waals surface area contributed by atoms with Crippen molar-refractivity contribution in [2.45, 2.75) is 40.3 Å². The molecule has 4 nitrogen and oxygen atoms in total. The summed E-state index contributed by atoms with van der Waals surface area (Å²) in [6.07, 6.45) is 2.98. The Balaban J connectivity index is 2.01. The molecule has 20 heavy (non-hydrogen) atoms. The molecule has 0 saturated heterocycles. The molecule has 0 unspecified atom stereocenters. The molecule has 0 aliphatic rings. The predicted molar refractivity (Wildman–Crippen MR) is 82.2 cm³/mol. The fourth-order valence-electron chi connectivity index (χ4n) is 1.86. The molecule has 0 saturated carbocycles. The third kappa shape index (κ3) is 4.28. The number of rotatable bonds is 7. The van der Waals surface area contributed by atoms with Crippen molar-refractivity contribution in [3.8, 4) is 5.75 Å². The average molecular weight is 291 g/mol. The van der Waals surface area contributed by atoms with E-state index in [0.717, 1.165) is 46.5 Å². The molecular weight excluding hydrogens is 270 g/mol. The molecule has 0 aromatic carbocycles. The summed E-state index contributed by atoms with van der Waals surface area (Å²) in [5.41, 5.74) is 1.99. The van der Waals surface area contributed by atoms with Gasteiger partial charge < -0.3 is 10.1 Å². The Bertz CT molecular complexity index is 554. The fourth-order valence-corrected chi connectivity index (χ4v) is 2.57. The van der Waals surface area contributed by atoms with Gasteiger partial charge in [0.25, 0.3) is 0 Å². The molecule has 0 spiro atoms. The van der Waals surface area contributed by atoms with Crippen LogP contribution in [0.15, 0.2) is 18.3 Å². The number of hydrogen-bond acceptors (Lipinski definition) is 5. The summed E-state index contributed by atoms with van der Waals surface area (Å²) in [7, 11) is 0. The third-order valence-corrected chi connectivity index (χ3v) is 3.72. The molecule has 2 aromatic rings. The summed E-state index contributed by atoms with van der Waals surface area (Å²) in [5, 5.41) is 4.43. The molecule has 0 aliphatic carbocycles. The van der Waals surface area contributed by atoms with Crippen LogP contribution < -0.4 is 10.1 Å². The first-order valence-electron chi connectivity index (χ1n) is 6.90. The second-order valence-corrected chi connectivity index (χ2v) is 6.03. The Morgan fingerprint density at radius 2 is 2.15 bits per heavy atom. The van der Waals surface area contributed by atoms with Crippen molar-refractivity contribution in [2.24, 2.45) is 0 Å². The monoisotopic (exact) mass is 291 g/mol. The molecule has 5 heteroatoms. The van der Waals surface area contributed by atoms with Crippen molar-refractivity contribution >= 4 is 11.3 Å². The van der Waals surface area contributed by atoms with E-state index >= 15 is 0 Å². The summed E-state index contributed by atoms with van der Waals surface area (Å²) in [4.78, 5) is 9.93. The minimum atomic E-state index is 0.553. The Labute approximate surface area is 124 Å². The van der Waals surface area contributed by atoms with Crippen LogP contribution in [0.5, 0.6) is 5.75 Å². The molecule has 0 fully saturated rings. The number of ether oxygens (including phenoxy) is 1. The molecule has 0 atom stereocenters. The lowest BCUT2D eigenvalue weighted by Gasteiger charge is -2.11. The molecule has 2 rings (SSSR count). The molecule has 2 aromatic heterocycles. The summed E-state index contributed by atoms with van der Waals surface area (Å²) < 4.78 is 5.89. The largest absolute Gasteiger partial charge is 0.486 e. The number of nitrogens with zero attached hydrogens (tertiary/aromatic N) is 2. The molecule has 0 aliphatic heterocycles. The summed E-state index contributed by atoms with van der Waals surface area (Å²) in [6, 6.07) is 3.98. The van der Waals surface area contributed by atoms with E-state index in [1.54, 1.807) is 11.3 Å². The van der Waals surface area contributed by atoms with E-state index < -0.39 is 0 Å². The first-order chi connectivity index (χ1) is 9.69. The van der Waals surface area contributed by atoms with Gasteiger partial charge in [0, 0.05) is 18.4 Å². The molecule has 2 heterocycles. The highest BCUT2D eigenvalue weighted by Crippen LogP contribution is 2.20. The second-order valence-electron chi connectivity index (χ2n) is 4.71. The smallest absolute Gasteiger partial charge is 0.142 e. The Kier molecular flexibility index (Phi) is 5.49. The Morgan fingerprint density at radius 1 is 1.30 bits per heavy atom. The van der Waals surface area contributed by atoms with Gasteiger partial charge in [0.05, 0.1) is 15.6 Å². The zero-order valence-corrected chi connectivity index (χ0v) is 13.1. The van der Waals surface area contributed by atoms with Crippen LogP contribution in [-0.2, 0) is 13.2 Å². The van der Waals surface area contributed by atoms with E-state index in [9.17, 15) is 0 Å². The van der Waals surface area contributed by atoms with Gasteiger partial charge in [-0.05, 0) is 38.9 Å². The number of aryl methyl sites for hydroxylation is 2. The van der Waals surface area contributed by atoms with Gasteiger partial charge in [-0.1, -0.05) is 6.92 Å². The van der Waals surface area contributed by atoms with E-state index in [1.165, 1.54) is 0 Å². The quantitative estimate of drug-likeness (QED) is 0.796. The standard InChI is InChI=1S/C15H21N3OS/c1-4-7-16-9-14-15(6-5-11(2)18-14)19-10-13-8-17-12(3)20-13/h5-6,8,16H,4,7,9-10H2,1-3H3. The van der Waals surface area contributed by atoms with Crippen molar-refractivity contribution in [1.82, 2.24) is 15.3 Å². The topological polar surface area (TPSA) is 47.0 Å². The number of hydrogen-bond donors (Lipinski definition) is 1. The van der Waals surface area contributed by atoms with Crippen LogP contribution in [0, 0.1) is 13.8 Å². The predicted octanol–water partition coefficient (Wildman–Crippen LogP) is 3.23. The zero-order chi connectivity index (χ0) is 14.4. The molecule has 0 bridgehead atoms. The van der Waals surface area contributed by atoms with Gasteiger partial charge in [-0.3, -0.25) is 4.98 Å².